The number of rotatable bonds is 3. The zero-order chi connectivity index (χ0) is 49.0. The number of aliphatic hydroxyl groups excluding tert-OH is 1. The minimum atomic E-state index is -2.81. The molecule has 67 heavy (non-hydrogen) atoms. The summed E-state index contributed by atoms with van der Waals surface area (Å²) in [6.45, 7) is -1.51. The van der Waals surface area contributed by atoms with Gasteiger partial charge in [-0.15, -0.1) is 0 Å². The second kappa shape index (κ2) is 15.3. The van der Waals surface area contributed by atoms with E-state index >= 15 is 0 Å². The Hall–Kier alpha value is -9.59. The molecule has 5 atom stereocenters. The number of carbonyl (C=O) groups is 5. The summed E-state index contributed by atoms with van der Waals surface area (Å²) in [5.41, 5.74) is -10.8. The van der Waals surface area contributed by atoms with Crippen LogP contribution in [0.15, 0.2) is 30.3 Å². The molecular formula is C41H28O26. The van der Waals surface area contributed by atoms with Crippen LogP contribution in [-0.4, -0.2) is 143 Å². The van der Waals surface area contributed by atoms with Crippen LogP contribution in [0.25, 0.3) is 22.3 Å². The van der Waals surface area contributed by atoms with Crippen LogP contribution >= 0.6 is 0 Å². The van der Waals surface area contributed by atoms with Gasteiger partial charge in [0.15, 0.2) is 87.7 Å². The highest BCUT2D eigenvalue weighted by molar-refractivity contribution is 6.10. The van der Waals surface area contributed by atoms with Crippen molar-refractivity contribution in [2.75, 3.05) is 6.61 Å². The van der Waals surface area contributed by atoms with Gasteiger partial charge in [-0.05, 0) is 30.3 Å². The van der Waals surface area contributed by atoms with E-state index in [4.69, 9.17) is 23.7 Å². The monoisotopic (exact) mass is 936 g/mol. The molecule has 16 N–H and O–H groups in total. The summed E-state index contributed by atoms with van der Waals surface area (Å²) in [5.74, 6) is -29.7. The van der Waals surface area contributed by atoms with Gasteiger partial charge in [0, 0.05) is 27.8 Å². The highest BCUT2D eigenvalue weighted by Gasteiger charge is 2.54. The Bertz CT molecular complexity index is 3060. The SMILES string of the molecule is O=C(O[C@@H]1COC(=O)c2cc(c(O)c(O)c2O)-c2c(cc(O)c(O)c2O)C(=O)O[C@H]1[C@@H]1OC(=O)c2cc(O)c(O)c(O)c2-c2c(O)c(O)c(O)c3c2C(=O)O[C@H]1[C@H]3O)c1cc(O)c(O)c(O)c1. The van der Waals surface area contributed by atoms with Gasteiger partial charge in [0.25, 0.3) is 0 Å². The van der Waals surface area contributed by atoms with Crippen molar-refractivity contribution in [1.29, 1.82) is 0 Å². The Balaban J connectivity index is 1.42. The lowest BCUT2D eigenvalue weighted by atomic mass is 9.82. The van der Waals surface area contributed by atoms with E-state index in [1.165, 1.54) is 0 Å². The third kappa shape index (κ3) is 6.57. The first-order chi connectivity index (χ1) is 31.5. The zero-order valence-corrected chi connectivity index (χ0v) is 32.7. The molecule has 0 saturated heterocycles. The molecule has 0 aliphatic carbocycles. The number of ether oxygens (including phenoxy) is 5. The molecule has 6 bridgehead atoms. The number of aliphatic hydroxyl groups is 1. The number of aromatic hydroxyl groups is 15. The standard InChI is InChI=1S/C41H28O26/c42-12-1-7(2-13(43)24(12)48)37(58)64-16-6-63-38(59)11-3-8(22(46)32(56)23(11)47)17-9(4-14(44)25(49)27(17)51)39(60)65-34(16)36-35-31(55)21-20(41(62)66-35)19(29(53)33(57)30(21)54)18-10(40(61)67-36)5-15(45)26(50)28(18)52/h1-5,16,31,34-36,42-57H,6H2/t16-,31+,34-,35+,36+/m1/s1. The fraction of sp³-hybridized carbons (Fsp3) is 0.146. The van der Waals surface area contributed by atoms with E-state index in [-0.39, 0.29) is 0 Å². The van der Waals surface area contributed by atoms with Gasteiger partial charge in [0.05, 0.1) is 22.3 Å². The van der Waals surface area contributed by atoms with Crippen LogP contribution in [0.2, 0.25) is 0 Å². The van der Waals surface area contributed by atoms with E-state index in [2.05, 4.69) is 0 Å². The van der Waals surface area contributed by atoms with Crippen LogP contribution in [0.1, 0.15) is 63.5 Å². The number of carbonyl (C=O) groups excluding carboxylic acids is 5. The minimum Gasteiger partial charge on any atom is -0.504 e. The highest BCUT2D eigenvalue weighted by atomic mass is 16.6. The molecule has 4 heterocycles. The summed E-state index contributed by atoms with van der Waals surface area (Å²) in [7, 11) is 0. The number of cyclic esters (lactones) is 2. The van der Waals surface area contributed by atoms with E-state index in [0.29, 0.717) is 30.3 Å². The molecule has 9 rings (SSSR count). The third-order valence-electron chi connectivity index (χ3n) is 10.9. The number of esters is 5. The van der Waals surface area contributed by atoms with E-state index < -0.39 is 209 Å². The fourth-order valence-corrected chi connectivity index (χ4v) is 7.67. The number of phenols is 15. The number of phenolic OH excluding ortho intramolecular Hbond substituents is 15. The van der Waals surface area contributed by atoms with Gasteiger partial charge in [-0.25, -0.2) is 24.0 Å². The zero-order valence-electron chi connectivity index (χ0n) is 32.7. The first-order valence-electron chi connectivity index (χ1n) is 18.6. The van der Waals surface area contributed by atoms with Gasteiger partial charge in [-0.1, -0.05) is 0 Å². The second-order valence-corrected chi connectivity index (χ2v) is 14.7. The molecule has 4 aliphatic heterocycles. The Morgan fingerprint density at radius 3 is 1.51 bits per heavy atom. The van der Waals surface area contributed by atoms with Crippen LogP contribution in [0.5, 0.6) is 86.2 Å². The Labute approximate surface area is 368 Å². The molecule has 26 nitrogen and oxygen atoms in total. The predicted molar refractivity (Wildman–Crippen MR) is 207 cm³/mol. The minimum absolute atomic E-state index is 0.355. The molecule has 0 amide bonds. The van der Waals surface area contributed by atoms with Crippen LogP contribution in [0.3, 0.4) is 0 Å². The molecule has 26 heteroatoms. The molecule has 0 fully saturated rings. The van der Waals surface area contributed by atoms with Crippen molar-refractivity contribution < 1.29 is 129 Å². The molecule has 0 spiro atoms. The van der Waals surface area contributed by atoms with Crippen molar-refractivity contribution in [2.45, 2.75) is 30.5 Å². The van der Waals surface area contributed by atoms with Crippen molar-refractivity contribution in [3.8, 4) is 108 Å². The Morgan fingerprint density at radius 2 is 0.910 bits per heavy atom. The highest BCUT2D eigenvalue weighted by Crippen LogP contribution is 2.58. The summed E-state index contributed by atoms with van der Waals surface area (Å²) in [4.78, 5) is 70.7. The largest absolute Gasteiger partial charge is 0.504 e. The smallest absolute Gasteiger partial charge is 0.342 e. The van der Waals surface area contributed by atoms with Gasteiger partial charge in [0.1, 0.15) is 18.3 Å². The van der Waals surface area contributed by atoms with E-state index in [1.54, 1.807) is 0 Å². The lowest BCUT2D eigenvalue weighted by Crippen LogP contribution is -2.56. The molecular weight excluding hydrogens is 908 g/mol. The average Bonchev–Trinajstić information content (AvgIpc) is 3.28. The van der Waals surface area contributed by atoms with Crippen LogP contribution in [0, 0.1) is 0 Å². The Morgan fingerprint density at radius 1 is 0.433 bits per heavy atom. The summed E-state index contributed by atoms with van der Waals surface area (Å²) in [6.07, 6.45) is -13.5. The lowest BCUT2D eigenvalue weighted by Gasteiger charge is -2.41. The van der Waals surface area contributed by atoms with Crippen LogP contribution in [0.4, 0.5) is 0 Å². The van der Waals surface area contributed by atoms with Crippen molar-refractivity contribution in [3.63, 3.8) is 0 Å². The quantitative estimate of drug-likeness (QED) is 0.0689. The van der Waals surface area contributed by atoms with Gasteiger partial charge >= 0.3 is 29.8 Å². The molecule has 4 aliphatic rings. The van der Waals surface area contributed by atoms with E-state index in [1.807, 2.05) is 0 Å². The summed E-state index contributed by atoms with van der Waals surface area (Å²) in [6, 6.07) is 2.25. The molecule has 0 radical (unpaired) electrons. The average molecular weight is 937 g/mol. The van der Waals surface area contributed by atoms with Crippen LogP contribution in [-0.2, 0) is 23.7 Å². The van der Waals surface area contributed by atoms with Gasteiger partial charge < -0.3 is 105 Å². The molecule has 0 unspecified atom stereocenters. The normalized spacial score (nSPS) is 19.9. The lowest BCUT2D eigenvalue weighted by molar-refractivity contribution is -0.154. The van der Waals surface area contributed by atoms with Gasteiger partial charge in [-0.2, -0.15) is 0 Å². The first-order valence-corrected chi connectivity index (χ1v) is 18.6. The maximum atomic E-state index is 14.6. The molecule has 0 aromatic heterocycles. The van der Waals surface area contributed by atoms with E-state index in [9.17, 15) is 106 Å². The topological polar surface area (TPSA) is 455 Å². The molecule has 0 saturated carbocycles. The third-order valence-corrected chi connectivity index (χ3v) is 10.9. The van der Waals surface area contributed by atoms with Crippen molar-refractivity contribution >= 4 is 29.8 Å². The summed E-state index contributed by atoms with van der Waals surface area (Å²) < 4.78 is 27.5. The maximum Gasteiger partial charge on any atom is 0.342 e. The Kier molecular flexibility index (Phi) is 10.1. The van der Waals surface area contributed by atoms with Crippen LogP contribution < -0.4 is 0 Å². The number of benzene rings is 5. The molecule has 5 aromatic carbocycles. The number of hydrogen-bond donors (Lipinski definition) is 16. The van der Waals surface area contributed by atoms with Gasteiger partial charge in [0.2, 0.25) is 23.0 Å². The summed E-state index contributed by atoms with van der Waals surface area (Å²) in [5, 5.41) is 172. The predicted octanol–water partition coefficient (Wildman–Crippen LogP) is 1.34. The summed E-state index contributed by atoms with van der Waals surface area (Å²) >= 11 is 0. The number of hydrogen-bond acceptors (Lipinski definition) is 26. The second-order valence-electron chi connectivity index (χ2n) is 14.7. The first kappa shape index (κ1) is 44.0. The van der Waals surface area contributed by atoms with E-state index in [0.717, 1.165) is 0 Å². The molecule has 5 aromatic rings. The fourth-order valence-electron chi connectivity index (χ4n) is 7.67. The van der Waals surface area contributed by atoms with Crippen molar-refractivity contribution in [2.24, 2.45) is 0 Å². The van der Waals surface area contributed by atoms with Crippen molar-refractivity contribution in [1.82, 2.24) is 0 Å². The molecule has 348 valence electrons. The van der Waals surface area contributed by atoms with Crippen molar-refractivity contribution in [3.05, 3.63) is 63.7 Å². The maximum absolute atomic E-state index is 14.6. The van der Waals surface area contributed by atoms with Gasteiger partial charge in [-0.3, -0.25) is 0 Å². The number of fused-ring (bicyclic) bond motifs is 7.